The lowest BCUT2D eigenvalue weighted by Gasteiger charge is -2.38. The van der Waals surface area contributed by atoms with Gasteiger partial charge in [-0.1, -0.05) is 13.0 Å². The summed E-state index contributed by atoms with van der Waals surface area (Å²) in [6.45, 7) is 5.87. The van der Waals surface area contributed by atoms with Gasteiger partial charge < -0.3 is 14.2 Å². The molecule has 5 heteroatoms. The molecule has 0 atom stereocenters. The Morgan fingerprint density at radius 3 is 2.79 bits per heavy atom. The maximum absolute atomic E-state index is 11.5. The molecule has 5 nitrogen and oxygen atoms in total. The molecule has 0 aromatic rings. The predicted molar refractivity (Wildman–Crippen MR) is 70.7 cm³/mol. The monoisotopic (exact) mass is 269 g/mol. The summed E-state index contributed by atoms with van der Waals surface area (Å²) in [6, 6.07) is 0. The number of ether oxygens (including phenoxy) is 3. The summed E-state index contributed by atoms with van der Waals surface area (Å²) >= 11 is 0. The van der Waals surface area contributed by atoms with Crippen LogP contribution in [0.3, 0.4) is 0 Å². The first-order valence-electron chi connectivity index (χ1n) is 6.97. The van der Waals surface area contributed by atoms with Gasteiger partial charge >= 0.3 is 5.97 Å². The lowest BCUT2D eigenvalue weighted by atomic mass is 10.0. The van der Waals surface area contributed by atoms with Crippen molar-refractivity contribution < 1.29 is 19.0 Å². The number of likely N-dealkylation sites (tertiary alicyclic amines) is 1. The molecule has 0 aromatic heterocycles. The van der Waals surface area contributed by atoms with E-state index in [-0.39, 0.29) is 5.97 Å². The van der Waals surface area contributed by atoms with Gasteiger partial charge in [-0.2, -0.15) is 0 Å². The molecule has 2 heterocycles. The van der Waals surface area contributed by atoms with E-state index >= 15 is 0 Å². The van der Waals surface area contributed by atoms with Crippen LogP contribution in [-0.4, -0.2) is 56.6 Å². The average Bonchev–Trinajstić information content (AvgIpc) is 2.87. The van der Waals surface area contributed by atoms with Crippen LogP contribution >= 0.6 is 0 Å². The van der Waals surface area contributed by atoms with Gasteiger partial charge in [0.05, 0.1) is 26.9 Å². The molecule has 0 aromatic carbocycles. The summed E-state index contributed by atoms with van der Waals surface area (Å²) in [5.74, 6) is -0.633. The van der Waals surface area contributed by atoms with E-state index in [0.717, 1.165) is 38.0 Å². The van der Waals surface area contributed by atoms with E-state index in [4.69, 9.17) is 14.2 Å². The summed E-state index contributed by atoms with van der Waals surface area (Å²) < 4.78 is 16.2. The Kier molecular flexibility index (Phi) is 4.96. The van der Waals surface area contributed by atoms with E-state index in [9.17, 15) is 4.79 Å². The lowest BCUT2D eigenvalue weighted by Crippen LogP contribution is -2.48. The Labute approximate surface area is 114 Å². The summed E-state index contributed by atoms with van der Waals surface area (Å²) in [7, 11) is 1.42. The van der Waals surface area contributed by atoms with Crippen molar-refractivity contribution in [2.45, 2.75) is 32.0 Å². The van der Waals surface area contributed by atoms with Gasteiger partial charge in [0.2, 0.25) is 0 Å². The maximum Gasteiger partial charge on any atom is 0.333 e. The van der Waals surface area contributed by atoms with Gasteiger partial charge in [0.15, 0.2) is 5.79 Å². The molecule has 19 heavy (non-hydrogen) atoms. The standard InChI is InChI=1S/C14H23NO4/c1-3-12(13(16)17-2)5-8-15-7-4-6-14(11-15)18-9-10-19-14/h5H,3-4,6-11H2,1-2H3. The molecule has 0 aliphatic carbocycles. The largest absolute Gasteiger partial charge is 0.466 e. The van der Waals surface area contributed by atoms with Crippen molar-refractivity contribution in [3.8, 4) is 0 Å². The van der Waals surface area contributed by atoms with Gasteiger partial charge in [0, 0.05) is 18.5 Å². The highest BCUT2D eigenvalue weighted by molar-refractivity contribution is 5.88. The van der Waals surface area contributed by atoms with Gasteiger partial charge in [-0.05, 0) is 19.4 Å². The number of nitrogens with zero attached hydrogens (tertiary/aromatic N) is 1. The molecule has 2 rings (SSSR count). The fourth-order valence-corrected chi connectivity index (χ4v) is 2.70. The number of hydrogen-bond donors (Lipinski definition) is 0. The summed E-state index contributed by atoms with van der Waals surface area (Å²) in [5.41, 5.74) is 0.732. The van der Waals surface area contributed by atoms with Gasteiger partial charge in [0.1, 0.15) is 0 Å². The number of esters is 1. The zero-order valence-corrected chi connectivity index (χ0v) is 11.8. The molecule has 2 saturated heterocycles. The Bertz CT molecular complexity index is 347. The summed E-state index contributed by atoms with van der Waals surface area (Å²) in [5, 5.41) is 0. The highest BCUT2D eigenvalue weighted by Gasteiger charge is 2.40. The van der Waals surface area contributed by atoms with Crippen LogP contribution in [0.25, 0.3) is 0 Å². The van der Waals surface area contributed by atoms with E-state index in [1.807, 2.05) is 13.0 Å². The highest BCUT2D eigenvalue weighted by atomic mass is 16.7. The third kappa shape index (κ3) is 3.55. The Morgan fingerprint density at radius 2 is 2.16 bits per heavy atom. The second kappa shape index (κ2) is 6.50. The van der Waals surface area contributed by atoms with Crippen molar-refractivity contribution in [3.63, 3.8) is 0 Å². The van der Waals surface area contributed by atoms with E-state index in [0.29, 0.717) is 19.6 Å². The number of rotatable bonds is 4. The molecular weight excluding hydrogens is 246 g/mol. The van der Waals surface area contributed by atoms with Crippen molar-refractivity contribution in [2.75, 3.05) is 40.0 Å². The zero-order valence-electron chi connectivity index (χ0n) is 11.8. The average molecular weight is 269 g/mol. The number of piperidine rings is 1. The smallest absolute Gasteiger partial charge is 0.333 e. The number of hydrogen-bond acceptors (Lipinski definition) is 5. The molecule has 0 N–H and O–H groups in total. The first-order valence-corrected chi connectivity index (χ1v) is 6.97. The van der Waals surface area contributed by atoms with Crippen molar-refractivity contribution >= 4 is 5.97 Å². The van der Waals surface area contributed by atoms with Crippen molar-refractivity contribution in [3.05, 3.63) is 11.6 Å². The van der Waals surface area contributed by atoms with Gasteiger partial charge in [0.25, 0.3) is 0 Å². The molecule has 108 valence electrons. The zero-order chi connectivity index (χ0) is 13.7. The molecule has 2 aliphatic heterocycles. The molecule has 1 spiro atoms. The predicted octanol–water partition coefficient (Wildman–Crippen LogP) is 1.33. The molecule has 2 aliphatic rings. The molecule has 0 bridgehead atoms. The SMILES string of the molecule is CCC(=CCN1CCCC2(C1)OCCO2)C(=O)OC. The van der Waals surface area contributed by atoms with Crippen LogP contribution < -0.4 is 0 Å². The molecular formula is C14H23NO4. The first kappa shape index (κ1) is 14.5. The minimum absolute atomic E-state index is 0.234. The van der Waals surface area contributed by atoms with E-state index < -0.39 is 5.79 Å². The third-order valence-electron chi connectivity index (χ3n) is 3.73. The Morgan fingerprint density at radius 1 is 1.42 bits per heavy atom. The van der Waals surface area contributed by atoms with Crippen LogP contribution in [0, 0.1) is 0 Å². The Hall–Kier alpha value is -0.910. The van der Waals surface area contributed by atoms with Crippen LogP contribution in [-0.2, 0) is 19.0 Å². The molecule has 0 saturated carbocycles. The topological polar surface area (TPSA) is 48.0 Å². The van der Waals surface area contributed by atoms with Crippen LogP contribution in [0.15, 0.2) is 11.6 Å². The minimum Gasteiger partial charge on any atom is -0.466 e. The minimum atomic E-state index is -0.399. The van der Waals surface area contributed by atoms with Gasteiger partial charge in [-0.25, -0.2) is 4.79 Å². The lowest BCUT2D eigenvalue weighted by molar-refractivity contribution is -0.188. The number of carbonyl (C=O) groups is 1. The maximum atomic E-state index is 11.5. The first-order chi connectivity index (χ1) is 9.19. The number of methoxy groups -OCH3 is 1. The van der Waals surface area contributed by atoms with Crippen molar-refractivity contribution in [1.29, 1.82) is 0 Å². The van der Waals surface area contributed by atoms with E-state index in [1.165, 1.54) is 7.11 Å². The molecule has 0 unspecified atom stereocenters. The second-order valence-corrected chi connectivity index (χ2v) is 5.02. The normalized spacial score (nSPS) is 23.8. The molecule has 0 radical (unpaired) electrons. The van der Waals surface area contributed by atoms with Crippen LogP contribution in [0.4, 0.5) is 0 Å². The highest BCUT2D eigenvalue weighted by Crippen LogP contribution is 2.29. The molecule has 2 fully saturated rings. The van der Waals surface area contributed by atoms with E-state index in [1.54, 1.807) is 0 Å². The van der Waals surface area contributed by atoms with Crippen LogP contribution in [0.1, 0.15) is 26.2 Å². The number of carbonyl (C=O) groups excluding carboxylic acids is 1. The quantitative estimate of drug-likeness (QED) is 0.569. The van der Waals surface area contributed by atoms with Gasteiger partial charge in [-0.15, -0.1) is 0 Å². The van der Waals surface area contributed by atoms with Crippen molar-refractivity contribution in [2.24, 2.45) is 0 Å². The van der Waals surface area contributed by atoms with Gasteiger partial charge in [-0.3, -0.25) is 4.90 Å². The van der Waals surface area contributed by atoms with Crippen molar-refractivity contribution in [1.82, 2.24) is 4.90 Å². The van der Waals surface area contributed by atoms with E-state index in [2.05, 4.69) is 4.90 Å². The second-order valence-electron chi connectivity index (χ2n) is 5.02. The summed E-state index contributed by atoms with van der Waals surface area (Å²) in [6.07, 6.45) is 4.68. The molecule has 0 amide bonds. The Balaban J connectivity index is 1.91. The fraction of sp³-hybridized carbons (Fsp3) is 0.786. The summed E-state index contributed by atoms with van der Waals surface area (Å²) in [4.78, 5) is 13.8. The third-order valence-corrected chi connectivity index (χ3v) is 3.73. The van der Waals surface area contributed by atoms with Crippen LogP contribution in [0.2, 0.25) is 0 Å². The fourth-order valence-electron chi connectivity index (χ4n) is 2.70. The van der Waals surface area contributed by atoms with Crippen LogP contribution in [0.5, 0.6) is 0 Å².